The summed E-state index contributed by atoms with van der Waals surface area (Å²) in [4.78, 5) is 3.67. The smallest absolute Gasteiger partial charge is 0.221 e. The predicted octanol–water partition coefficient (Wildman–Crippen LogP) is 1.12. The molecular weight excluding hydrogens is 240 g/mol. The van der Waals surface area contributed by atoms with Crippen LogP contribution in [0.1, 0.15) is 12.1 Å². The third-order valence-electron chi connectivity index (χ3n) is 1.62. The monoisotopic (exact) mass is 249 g/mol. The number of sulfone groups is 1. The molecule has 1 aromatic heterocycles. The van der Waals surface area contributed by atoms with Crippen molar-refractivity contribution in [1.29, 1.82) is 0 Å². The molecule has 0 aliphatic carbocycles. The first kappa shape index (κ1) is 12.6. The summed E-state index contributed by atoms with van der Waals surface area (Å²) in [5.41, 5.74) is 0.404. The highest BCUT2D eigenvalue weighted by Crippen LogP contribution is 2.07. The van der Waals surface area contributed by atoms with Crippen LogP contribution in [0.4, 0.5) is 8.78 Å². The van der Waals surface area contributed by atoms with Crippen LogP contribution in [0.15, 0.2) is 23.5 Å². The number of allylic oxidation sites excluding steroid dienone is 1. The van der Waals surface area contributed by atoms with Crippen LogP contribution in [0.5, 0.6) is 0 Å². The molecule has 0 saturated heterocycles. The van der Waals surface area contributed by atoms with Crippen LogP contribution in [-0.2, 0) is 9.84 Å². The van der Waals surface area contributed by atoms with Crippen LogP contribution >= 0.6 is 0 Å². The molecule has 5 nitrogen and oxygen atoms in total. The molecule has 0 aliphatic rings. The van der Waals surface area contributed by atoms with Gasteiger partial charge in [0.15, 0.2) is 0 Å². The Bertz CT molecular complexity index is 498. The molecule has 0 aliphatic heterocycles. The number of nitrogens with zero attached hydrogens (tertiary/aromatic N) is 3. The fraction of sp³-hybridized carbons (Fsp3) is 0.375. The summed E-state index contributed by atoms with van der Waals surface area (Å²) in [6.07, 6.45) is -0.332. The summed E-state index contributed by atoms with van der Waals surface area (Å²) in [6.45, 7) is 1.56. The Kier molecular flexibility index (Phi) is 3.99. The summed E-state index contributed by atoms with van der Waals surface area (Å²) in [5.74, 6) is -0.463. The first-order valence-corrected chi connectivity index (χ1v) is 5.97. The Morgan fingerprint density at radius 3 is 2.75 bits per heavy atom. The van der Waals surface area contributed by atoms with Crippen molar-refractivity contribution in [1.82, 2.24) is 15.2 Å². The Hall–Kier alpha value is -1.44. The van der Waals surface area contributed by atoms with Crippen LogP contribution in [-0.4, -0.2) is 29.4 Å². The van der Waals surface area contributed by atoms with Gasteiger partial charge in [-0.25, -0.2) is 13.4 Å². The molecule has 0 spiro atoms. The van der Waals surface area contributed by atoms with E-state index in [9.17, 15) is 17.2 Å². The van der Waals surface area contributed by atoms with Crippen molar-refractivity contribution < 1.29 is 17.2 Å². The van der Waals surface area contributed by atoms with Gasteiger partial charge in [-0.1, -0.05) is 0 Å². The minimum Gasteiger partial charge on any atom is -0.221 e. The van der Waals surface area contributed by atoms with E-state index in [0.717, 1.165) is 0 Å². The molecule has 1 heterocycles. The zero-order valence-corrected chi connectivity index (χ0v) is 9.21. The maximum atomic E-state index is 11.7. The van der Waals surface area contributed by atoms with Crippen molar-refractivity contribution in [3.05, 3.63) is 24.0 Å². The summed E-state index contributed by atoms with van der Waals surface area (Å²) in [7, 11) is -3.74. The molecule has 0 fully saturated rings. The average Bonchev–Trinajstić information content (AvgIpc) is 2.16. The van der Waals surface area contributed by atoms with Gasteiger partial charge in [-0.05, 0) is 19.4 Å². The van der Waals surface area contributed by atoms with Gasteiger partial charge in [-0.15, -0.1) is 5.10 Å². The van der Waals surface area contributed by atoms with Gasteiger partial charge in [0.1, 0.15) is 0 Å². The quantitative estimate of drug-likeness (QED) is 0.799. The molecule has 0 amide bonds. The Labute approximate surface area is 91.2 Å². The molecule has 0 saturated carbocycles. The normalized spacial score (nSPS) is 11.2. The highest BCUT2D eigenvalue weighted by atomic mass is 32.2. The lowest BCUT2D eigenvalue weighted by Gasteiger charge is -1.99. The summed E-state index contributed by atoms with van der Waals surface area (Å²) >= 11 is 0. The number of aromatic nitrogens is 3. The molecule has 0 unspecified atom stereocenters. The molecule has 0 N–H and O–H groups in total. The molecule has 1 aromatic rings. The molecule has 16 heavy (non-hydrogen) atoms. The van der Waals surface area contributed by atoms with E-state index in [2.05, 4.69) is 15.2 Å². The van der Waals surface area contributed by atoms with Crippen LogP contribution in [0.25, 0.3) is 0 Å². The lowest BCUT2D eigenvalue weighted by atomic mass is 10.5. The number of rotatable bonds is 4. The van der Waals surface area contributed by atoms with Crippen molar-refractivity contribution in [2.24, 2.45) is 0 Å². The number of hydrogen-bond acceptors (Lipinski definition) is 5. The number of hydrogen-bond donors (Lipinski definition) is 0. The van der Waals surface area contributed by atoms with E-state index in [1.807, 2.05) is 0 Å². The van der Waals surface area contributed by atoms with Crippen molar-refractivity contribution in [2.45, 2.75) is 18.5 Å². The fourth-order valence-electron chi connectivity index (χ4n) is 0.910. The van der Waals surface area contributed by atoms with E-state index < -0.39 is 26.8 Å². The highest BCUT2D eigenvalue weighted by molar-refractivity contribution is 7.91. The van der Waals surface area contributed by atoms with Gasteiger partial charge >= 0.3 is 0 Å². The average molecular weight is 249 g/mol. The van der Waals surface area contributed by atoms with Gasteiger partial charge in [0.25, 0.3) is 11.2 Å². The first-order chi connectivity index (χ1) is 7.42. The topological polar surface area (TPSA) is 72.8 Å². The molecule has 0 radical (unpaired) electrons. The van der Waals surface area contributed by atoms with Gasteiger partial charge in [-0.2, -0.15) is 13.9 Å². The third-order valence-corrected chi connectivity index (χ3v) is 3.13. The Morgan fingerprint density at radius 1 is 1.50 bits per heavy atom. The number of halogens is 2. The minimum absolute atomic E-state index is 0.276. The van der Waals surface area contributed by atoms with E-state index in [1.54, 1.807) is 6.92 Å². The van der Waals surface area contributed by atoms with Crippen LogP contribution in [0.2, 0.25) is 0 Å². The second kappa shape index (κ2) is 5.06. The van der Waals surface area contributed by atoms with Gasteiger partial charge in [0.05, 0.1) is 17.6 Å². The lowest BCUT2D eigenvalue weighted by Crippen LogP contribution is -2.12. The zero-order valence-electron chi connectivity index (χ0n) is 8.39. The van der Waals surface area contributed by atoms with Gasteiger partial charge in [-0.3, -0.25) is 0 Å². The SMILES string of the molecule is Cc1cnnc(S(=O)(=O)CCC=C(F)F)n1. The summed E-state index contributed by atoms with van der Waals surface area (Å²) in [5, 5.41) is 6.36. The van der Waals surface area contributed by atoms with Gasteiger partial charge in [0.2, 0.25) is 9.84 Å². The Morgan fingerprint density at radius 2 is 2.19 bits per heavy atom. The van der Waals surface area contributed by atoms with Gasteiger partial charge in [0, 0.05) is 0 Å². The van der Waals surface area contributed by atoms with E-state index in [1.165, 1.54) is 6.20 Å². The largest absolute Gasteiger partial charge is 0.267 e. The number of aryl methyl sites for hydroxylation is 1. The van der Waals surface area contributed by atoms with E-state index in [0.29, 0.717) is 11.8 Å². The zero-order chi connectivity index (χ0) is 12.2. The molecule has 0 aromatic carbocycles. The van der Waals surface area contributed by atoms with E-state index in [4.69, 9.17) is 0 Å². The lowest BCUT2D eigenvalue weighted by molar-refractivity contribution is 0.418. The van der Waals surface area contributed by atoms with Crippen molar-refractivity contribution in [2.75, 3.05) is 5.75 Å². The second-order valence-corrected chi connectivity index (χ2v) is 4.98. The molecule has 1 rings (SSSR count). The summed E-state index contributed by atoms with van der Waals surface area (Å²) < 4.78 is 46.5. The minimum atomic E-state index is -3.74. The summed E-state index contributed by atoms with van der Waals surface area (Å²) in [6, 6.07) is 0. The van der Waals surface area contributed by atoms with Gasteiger partial charge < -0.3 is 0 Å². The molecule has 0 atom stereocenters. The predicted molar refractivity (Wildman–Crippen MR) is 51.5 cm³/mol. The van der Waals surface area contributed by atoms with Crippen molar-refractivity contribution in [3.8, 4) is 0 Å². The fourth-order valence-corrected chi connectivity index (χ4v) is 1.98. The van der Waals surface area contributed by atoms with E-state index >= 15 is 0 Å². The molecule has 8 heteroatoms. The highest BCUT2D eigenvalue weighted by Gasteiger charge is 2.17. The second-order valence-electron chi connectivity index (χ2n) is 2.98. The van der Waals surface area contributed by atoms with Crippen molar-refractivity contribution in [3.63, 3.8) is 0 Å². The molecular formula is C8H9F2N3O2S. The van der Waals surface area contributed by atoms with Crippen LogP contribution < -0.4 is 0 Å². The van der Waals surface area contributed by atoms with Crippen LogP contribution in [0, 0.1) is 6.92 Å². The van der Waals surface area contributed by atoms with E-state index in [-0.39, 0.29) is 6.42 Å². The van der Waals surface area contributed by atoms with Crippen molar-refractivity contribution >= 4 is 9.84 Å². The Balaban J connectivity index is 2.83. The molecule has 0 bridgehead atoms. The van der Waals surface area contributed by atoms with Crippen LogP contribution in [0.3, 0.4) is 0 Å². The molecule has 88 valence electrons. The maximum Gasteiger partial charge on any atom is 0.267 e. The third kappa shape index (κ3) is 3.61. The maximum absolute atomic E-state index is 11.7. The standard InChI is InChI=1S/C8H9F2N3O2S/c1-6-5-11-13-8(12-6)16(14,15)4-2-3-7(9)10/h3,5H,2,4H2,1H3. The first-order valence-electron chi connectivity index (χ1n) is 4.32.